The van der Waals surface area contributed by atoms with Crippen LogP contribution in [0.3, 0.4) is 0 Å². The molecule has 1 fully saturated rings. The molecule has 0 radical (unpaired) electrons. The van der Waals surface area contributed by atoms with Crippen molar-refractivity contribution in [2.24, 2.45) is 0 Å². The lowest BCUT2D eigenvalue weighted by Crippen LogP contribution is -2.28. The molecule has 112 valence electrons. The van der Waals surface area contributed by atoms with Gasteiger partial charge < -0.3 is 10.2 Å². The fourth-order valence-corrected chi connectivity index (χ4v) is 4.87. The Morgan fingerprint density at radius 2 is 2.20 bits per heavy atom. The number of nitrogens with zero attached hydrogens (tertiary/aromatic N) is 2. The Labute approximate surface area is 126 Å². The van der Waals surface area contributed by atoms with E-state index in [-0.39, 0.29) is 0 Å². The molecular weight excluding hydrogens is 266 g/mol. The van der Waals surface area contributed by atoms with E-state index >= 15 is 0 Å². The molecule has 2 aliphatic rings. The Hall–Kier alpha value is -0.610. The average molecular weight is 293 g/mol. The maximum Gasteiger partial charge on any atom is 0.186 e. The molecule has 0 spiro atoms. The molecule has 0 aromatic carbocycles. The molecule has 3 rings (SSSR count). The molecule has 1 N–H and O–H groups in total. The average Bonchev–Trinajstić information content (AvgIpc) is 3.10. The van der Waals surface area contributed by atoms with Crippen molar-refractivity contribution >= 4 is 16.5 Å². The van der Waals surface area contributed by atoms with Gasteiger partial charge in [0.25, 0.3) is 0 Å². The summed E-state index contributed by atoms with van der Waals surface area (Å²) in [5.41, 5.74) is 1.38. The lowest BCUT2D eigenvalue weighted by molar-refractivity contribution is 0.464. The van der Waals surface area contributed by atoms with Gasteiger partial charge in [-0.05, 0) is 51.5 Å². The zero-order chi connectivity index (χ0) is 13.9. The number of aromatic nitrogens is 1. The summed E-state index contributed by atoms with van der Waals surface area (Å²) in [5, 5.41) is 5.00. The molecular formula is C16H27N3S. The van der Waals surface area contributed by atoms with Gasteiger partial charge in [0.15, 0.2) is 5.13 Å². The summed E-state index contributed by atoms with van der Waals surface area (Å²) in [7, 11) is 0. The highest BCUT2D eigenvalue weighted by atomic mass is 32.1. The van der Waals surface area contributed by atoms with Gasteiger partial charge in [0.05, 0.1) is 5.69 Å². The number of fused-ring (bicyclic) bond motifs is 1. The van der Waals surface area contributed by atoms with E-state index in [1.165, 1.54) is 67.2 Å². The highest BCUT2D eigenvalue weighted by Gasteiger charge is 2.29. The van der Waals surface area contributed by atoms with Gasteiger partial charge in [-0.2, -0.15) is 0 Å². The second-order valence-corrected chi connectivity index (χ2v) is 7.11. The molecule has 1 aliphatic carbocycles. The fourth-order valence-electron chi connectivity index (χ4n) is 3.55. The first-order valence-electron chi connectivity index (χ1n) is 8.33. The summed E-state index contributed by atoms with van der Waals surface area (Å²) >= 11 is 1.96. The van der Waals surface area contributed by atoms with E-state index in [0.717, 1.165) is 12.6 Å². The fraction of sp³-hybridized carbons (Fsp3) is 0.812. The van der Waals surface area contributed by atoms with E-state index < -0.39 is 0 Å². The van der Waals surface area contributed by atoms with Crippen molar-refractivity contribution in [1.29, 1.82) is 0 Å². The van der Waals surface area contributed by atoms with Crippen LogP contribution >= 0.6 is 11.3 Å². The van der Waals surface area contributed by atoms with Gasteiger partial charge in [-0.3, -0.25) is 0 Å². The van der Waals surface area contributed by atoms with Crippen LogP contribution in [0, 0.1) is 0 Å². The van der Waals surface area contributed by atoms with Crippen LogP contribution in [0.4, 0.5) is 5.13 Å². The second kappa shape index (κ2) is 6.44. The largest absolute Gasteiger partial charge is 0.345 e. The van der Waals surface area contributed by atoms with E-state index in [0.29, 0.717) is 6.04 Å². The maximum absolute atomic E-state index is 4.99. The topological polar surface area (TPSA) is 28.2 Å². The molecule has 1 saturated heterocycles. The monoisotopic (exact) mass is 293 g/mol. The smallest absolute Gasteiger partial charge is 0.186 e. The summed E-state index contributed by atoms with van der Waals surface area (Å²) < 4.78 is 0. The third-order valence-electron chi connectivity index (χ3n) is 4.67. The third kappa shape index (κ3) is 2.73. The van der Waals surface area contributed by atoms with Crippen molar-refractivity contribution in [3.8, 4) is 0 Å². The molecule has 1 aliphatic heterocycles. The molecule has 0 saturated carbocycles. The Balaban J connectivity index is 1.80. The number of rotatable bonds is 5. The Kier molecular flexibility index (Phi) is 4.61. The van der Waals surface area contributed by atoms with Crippen molar-refractivity contribution in [3.63, 3.8) is 0 Å². The predicted octanol–water partition coefficient (Wildman–Crippen LogP) is 3.90. The Morgan fingerprint density at radius 3 is 3.00 bits per heavy atom. The van der Waals surface area contributed by atoms with Crippen LogP contribution < -0.4 is 10.2 Å². The van der Waals surface area contributed by atoms with Crippen molar-refractivity contribution in [2.45, 2.75) is 70.9 Å². The molecule has 2 atom stereocenters. The first kappa shape index (κ1) is 14.3. The van der Waals surface area contributed by atoms with Crippen LogP contribution in [0.2, 0.25) is 0 Å². The molecule has 2 unspecified atom stereocenters. The minimum absolute atomic E-state index is 0.563. The lowest BCUT2D eigenvalue weighted by atomic mass is 9.98. The van der Waals surface area contributed by atoms with Gasteiger partial charge in [0.1, 0.15) is 0 Å². The van der Waals surface area contributed by atoms with Crippen molar-refractivity contribution in [2.75, 3.05) is 18.0 Å². The molecule has 2 heterocycles. The second-order valence-electron chi connectivity index (χ2n) is 6.10. The van der Waals surface area contributed by atoms with Gasteiger partial charge in [-0.15, -0.1) is 0 Å². The number of nitrogens with one attached hydrogen (secondary N) is 1. The van der Waals surface area contributed by atoms with E-state index in [4.69, 9.17) is 4.98 Å². The molecule has 1 aromatic heterocycles. The molecule has 0 amide bonds. The van der Waals surface area contributed by atoms with Crippen LogP contribution in [-0.4, -0.2) is 24.1 Å². The first-order valence-corrected chi connectivity index (χ1v) is 9.14. The van der Waals surface area contributed by atoms with E-state index in [1.807, 2.05) is 11.3 Å². The van der Waals surface area contributed by atoms with Gasteiger partial charge in [0, 0.05) is 23.5 Å². The van der Waals surface area contributed by atoms with Crippen LogP contribution in [-0.2, 0) is 6.42 Å². The van der Waals surface area contributed by atoms with Crippen molar-refractivity contribution in [3.05, 3.63) is 10.6 Å². The van der Waals surface area contributed by atoms with Crippen LogP contribution in [0.1, 0.15) is 69.0 Å². The molecule has 20 heavy (non-hydrogen) atoms. The summed E-state index contributed by atoms with van der Waals surface area (Å²) in [6, 6.07) is 1.29. The lowest BCUT2D eigenvalue weighted by Gasteiger charge is -2.23. The normalized spacial score (nSPS) is 26.0. The minimum Gasteiger partial charge on any atom is -0.345 e. The van der Waals surface area contributed by atoms with E-state index in [1.54, 1.807) is 0 Å². The van der Waals surface area contributed by atoms with Gasteiger partial charge >= 0.3 is 0 Å². The van der Waals surface area contributed by atoms with E-state index in [9.17, 15) is 0 Å². The quantitative estimate of drug-likeness (QED) is 0.892. The predicted molar refractivity (Wildman–Crippen MR) is 86.7 cm³/mol. The zero-order valence-electron chi connectivity index (χ0n) is 12.8. The summed E-state index contributed by atoms with van der Waals surface area (Å²) in [4.78, 5) is 9.09. The Morgan fingerprint density at radius 1 is 1.30 bits per heavy atom. The minimum atomic E-state index is 0.563. The van der Waals surface area contributed by atoms with Crippen LogP contribution in [0.5, 0.6) is 0 Å². The van der Waals surface area contributed by atoms with Crippen molar-refractivity contribution < 1.29 is 0 Å². The number of anilines is 1. The number of hydrogen-bond acceptors (Lipinski definition) is 4. The highest BCUT2D eigenvalue weighted by Crippen LogP contribution is 2.39. The summed E-state index contributed by atoms with van der Waals surface area (Å²) in [6.07, 6.45) is 8.89. The first-order chi connectivity index (χ1) is 9.83. The number of aryl methyl sites for hydroxylation is 1. The van der Waals surface area contributed by atoms with Gasteiger partial charge in [0.2, 0.25) is 0 Å². The van der Waals surface area contributed by atoms with Crippen LogP contribution in [0.15, 0.2) is 0 Å². The highest BCUT2D eigenvalue weighted by molar-refractivity contribution is 7.15. The summed E-state index contributed by atoms with van der Waals surface area (Å²) in [5.74, 6) is 0. The molecule has 0 bridgehead atoms. The van der Waals surface area contributed by atoms with E-state index in [2.05, 4.69) is 24.1 Å². The summed E-state index contributed by atoms with van der Waals surface area (Å²) in [6.45, 7) is 6.88. The maximum atomic E-state index is 4.99. The number of thiazole rings is 1. The molecule has 3 nitrogen and oxygen atoms in total. The molecule has 4 heteroatoms. The Bertz CT molecular complexity index is 443. The molecule has 1 aromatic rings. The zero-order valence-corrected chi connectivity index (χ0v) is 13.6. The standard InChI is InChI=1S/C16H27N3S/c1-3-10-17-13-8-5-9-14-15(13)20-16(18-14)19-11-6-7-12(19)4-2/h12-13,17H,3-11H2,1-2H3. The third-order valence-corrected chi connectivity index (χ3v) is 5.92. The van der Waals surface area contributed by atoms with Gasteiger partial charge in [-0.1, -0.05) is 25.2 Å². The van der Waals surface area contributed by atoms with Gasteiger partial charge in [-0.25, -0.2) is 4.98 Å². The number of hydrogen-bond donors (Lipinski definition) is 1. The van der Waals surface area contributed by atoms with Crippen molar-refractivity contribution in [1.82, 2.24) is 10.3 Å². The van der Waals surface area contributed by atoms with Crippen LogP contribution in [0.25, 0.3) is 0 Å². The SMILES string of the molecule is CCCNC1CCCc2nc(N3CCCC3CC)sc21.